The summed E-state index contributed by atoms with van der Waals surface area (Å²) in [6, 6.07) is 17.3. The predicted molar refractivity (Wildman–Crippen MR) is 113 cm³/mol. The molecule has 0 bridgehead atoms. The third-order valence-corrected chi connectivity index (χ3v) is 5.99. The van der Waals surface area contributed by atoms with Crippen LogP contribution in [0.25, 0.3) is 5.57 Å². The lowest BCUT2D eigenvalue weighted by molar-refractivity contribution is 0.109. The summed E-state index contributed by atoms with van der Waals surface area (Å²) < 4.78 is 6.15. The van der Waals surface area contributed by atoms with E-state index >= 15 is 0 Å². The normalized spacial score (nSPS) is 23.3. The van der Waals surface area contributed by atoms with E-state index in [2.05, 4.69) is 69.3 Å². The van der Waals surface area contributed by atoms with Gasteiger partial charge in [-0.05, 0) is 54.5 Å². The van der Waals surface area contributed by atoms with Gasteiger partial charge in [0.1, 0.15) is 0 Å². The van der Waals surface area contributed by atoms with Crippen molar-refractivity contribution in [1.82, 2.24) is 0 Å². The maximum Gasteiger partial charge on any atom is 0.0798 e. The molecule has 2 unspecified atom stereocenters. The zero-order chi connectivity index (χ0) is 18.8. The summed E-state index contributed by atoms with van der Waals surface area (Å²) in [7, 11) is 0. The zero-order valence-electron chi connectivity index (χ0n) is 16.7. The topological polar surface area (TPSA) is 21.6 Å². The molecule has 2 aromatic rings. The Morgan fingerprint density at radius 2 is 1.74 bits per heavy atom. The molecule has 0 N–H and O–H groups in total. The first kappa shape index (κ1) is 18.2. The number of benzene rings is 2. The lowest BCUT2D eigenvalue weighted by atomic mass is 9.94. The lowest BCUT2D eigenvalue weighted by Crippen LogP contribution is -2.10. The van der Waals surface area contributed by atoms with E-state index in [1.165, 1.54) is 39.1 Å². The van der Waals surface area contributed by atoms with Gasteiger partial charge < -0.3 is 4.74 Å². The number of fused-ring (bicyclic) bond motifs is 1. The van der Waals surface area contributed by atoms with E-state index in [4.69, 9.17) is 9.73 Å². The van der Waals surface area contributed by atoms with E-state index in [0.717, 1.165) is 32.4 Å². The first-order valence-corrected chi connectivity index (χ1v) is 10.2. The van der Waals surface area contributed by atoms with Gasteiger partial charge in [-0.1, -0.05) is 61.9 Å². The van der Waals surface area contributed by atoms with Crippen LogP contribution < -0.4 is 0 Å². The van der Waals surface area contributed by atoms with Gasteiger partial charge in [0.25, 0.3) is 0 Å². The van der Waals surface area contributed by atoms with Crippen LogP contribution in [-0.2, 0) is 11.3 Å². The zero-order valence-corrected chi connectivity index (χ0v) is 16.7. The molecule has 2 aliphatic rings. The number of hydrogen-bond acceptors (Lipinski definition) is 2. The molecule has 1 aliphatic carbocycles. The SMILES string of the molecule is CCCC1OCC2CC(=NCc3c(C)cccc3C)C(c3ccccc3)=C21. The van der Waals surface area contributed by atoms with E-state index in [1.807, 2.05) is 0 Å². The fraction of sp³-hybridized carbons (Fsp3) is 0.400. The van der Waals surface area contributed by atoms with E-state index < -0.39 is 0 Å². The van der Waals surface area contributed by atoms with Crippen LogP contribution in [0.15, 0.2) is 59.1 Å². The predicted octanol–water partition coefficient (Wildman–Crippen LogP) is 5.92. The number of aliphatic imine (C=N–C) groups is 1. The Balaban J connectivity index is 1.74. The van der Waals surface area contributed by atoms with E-state index in [0.29, 0.717) is 5.92 Å². The maximum absolute atomic E-state index is 6.15. The molecule has 1 heterocycles. The first-order valence-electron chi connectivity index (χ1n) is 10.2. The average molecular weight is 360 g/mol. The minimum atomic E-state index is 0.267. The van der Waals surface area contributed by atoms with Crippen LogP contribution in [0.5, 0.6) is 0 Å². The number of rotatable bonds is 5. The molecule has 0 amide bonds. The highest BCUT2D eigenvalue weighted by atomic mass is 16.5. The standard InChI is InChI=1S/C25H29NO/c1-4-9-23-25-20(16-27-23)14-22(24(25)19-12-6-5-7-13-19)26-15-21-17(2)10-8-11-18(21)3/h5-8,10-13,20,23H,4,9,14-16H2,1-3H3. The molecule has 2 atom stereocenters. The third kappa shape index (κ3) is 3.51. The van der Waals surface area contributed by atoms with Crippen molar-refractivity contribution in [3.05, 3.63) is 76.4 Å². The van der Waals surface area contributed by atoms with Gasteiger partial charge in [0.15, 0.2) is 0 Å². The van der Waals surface area contributed by atoms with Crippen molar-refractivity contribution in [3.63, 3.8) is 0 Å². The van der Waals surface area contributed by atoms with Crippen molar-refractivity contribution in [1.29, 1.82) is 0 Å². The Labute approximate surface area is 163 Å². The Morgan fingerprint density at radius 3 is 2.44 bits per heavy atom. The van der Waals surface area contributed by atoms with E-state index in [-0.39, 0.29) is 6.10 Å². The van der Waals surface area contributed by atoms with Crippen LogP contribution in [0, 0.1) is 19.8 Å². The van der Waals surface area contributed by atoms with Gasteiger partial charge in [-0.2, -0.15) is 0 Å². The molecular formula is C25H29NO. The smallest absolute Gasteiger partial charge is 0.0798 e. The van der Waals surface area contributed by atoms with E-state index in [1.54, 1.807) is 0 Å². The third-order valence-electron chi connectivity index (χ3n) is 5.99. The van der Waals surface area contributed by atoms with Crippen LogP contribution in [0.4, 0.5) is 0 Å². The molecular weight excluding hydrogens is 330 g/mol. The number of ether oxygens (including phenoxy) is 1. The second kappa shape index (κ2) is 7.82. The summed E-state index contributed by atoms with van der Waals surface area (Å²) in [5, 5.41) is 0. The second-order valence-electron chi connectivity index (χ2n) is 7.84. The molecule has 1 aliphatic heterocycles. The Morgan fingerprint density at radius 1 is 1.00 bits per heavy atom. The fourth-order valence-electron chi connectivity index (χ4n) is 4.57. The molecule has 1 saturated heterocycles. The minimum absolute atomic E-state index is 0.267. The summed E-state index contributed by atoms with van der Waals surface area (Å²) in [5.74, 6) is 0.508. The Kier molecular flexibility index (Phi) is 5.27. The molecule has 0 aromatic heterocycles. The quantitative estimate of drug-likeness (QED) is 0.649. The first-order chi connectivity index (χ1) is 13.2. The van der Waals surface area contributed by atoms with Crippen molar-refractivity contribution in [2.75, 3.05) is 6.61 Å². The summed E-state index contributed by atoms with van der Waals surface area (Å²) in [6.45, 7) is 8.23. The highest BCUT2D eigenvalue weighted by Gasteiger charge is 2.40. The number of allylic oxidation sites excluding steroid dienone is 1. The molecule has 27 heavy (non-hydrogen) atoms. The molecule has 140 valence electrons. The lowest BCUT2D eigenvalue weighted by Gasteiger charge is -2.15. The highest BCUT2D eigenvalue weighted by molar-refractivity contribution is 6.27. The van der Waals surface area contributed by atoms with Gasteiger partial charge in [-0.15, -0.1) is 0 Å². The van der Waals surface area contributed by atoms with Gasteiger partial charge in [-0.25, -0.2) is 0 Å². The van der Waals surface area contributed by atoms with Crippen molar-refractivity contribution < 1.29 is 4.74 Å². The highest BCUT2D eigenvalue weighted by Crippen LogP contribution is 2.44. The molecule has 2 aromatic carbocycles. The van der Waals surface area contributed by atoms with E-state index in [9.17, 15) is 0 Å². The summed E-state index contributed by atoms with van der Waals surface area (Å²) in [5.41, 5.74) is 9.46. The summed E-state index contributed by atoms with van der Waals surface area (Å²) in [4.78, 5) is 5.15. The second-order valence-corrected chi connectivity index (χ2v) is 7.84. The number of hydrogen-bond donors (Lipinski definition) is 0. The summed E-state index contributed by atoms with van der Waals surface area (Å²) >= 11 is 0. The molecule has 0 spiro atoms. The molecule has 2 nitrogen and oxygen atoms in total. The van der Waals surface area contributed by atoms with Gasteiger partial charge in [0, 0.05) is 17.2 Å². The van der Waals surface area contributed by atoms with Crippen molar-refractivity contribution in [3.8, 4) is 0 Å². The van der Waals surface area contributed by atoms with Gasteiger partial charge in [0.2, 0.25) is 0 Å². The van der Waals surface area contributed by atoms with Crippen molar-refractivity contribution >= 4 is 11.3 Å². The van der Waals surface area contributed by atoms with Crippen LogP contribution in [-0.4, -0.2) is 18.4 Å². The summed E-state index contributed by atoms with van der Waals surface area (Å²) in [6.07, 6.45) is 3.54. The molecule has 0 radical (unpaired) electrons. The van der Waals surface area contributed by atoms with Crippen LogP contribution in [0.2, 0.25) is 0 Å². The molecule has 0 saturated carbocycles. The molecule has 2 heteroatoms. The Hall–Kier alpha value is -2.19. The Bertz CT molecular complexity index is 856. The van der Waals surface area contributed by atoms with Gasteiger partial charge in [0.05, 0.1) is 19.3 Å². The van der Waals surface area contributed by atoms with Crippen LogP contribution in [0.3, 0.4) is 0 Å². The fourth-order valence-corrected chi connectivity index (χ4v) is 4.57. The van der Waals surface area contributed by atoms with Crippen LogP contribution >= 0.6 is 0 Å². The monoisotopic (exact) mass is 359 g/mol. The maximum atomic E-state index is 6.15. The van der Waals surface area contributed by atoms with Gasteiger partial charge in [-0.3, -0.25) is 4.99 Å². The van der Waals surface area contributed by atoms with Crippen molar-refractivity contribution in [2.24, 2.45) is 10.9 Å². The molecule has 1 fully saturated rings. The minimum Gasteiger partial charge on any atom is -0.373 e. The number of aryl methyl sites for hydroxylation is 2. The van der Waals surface area contributed by atoms with Crippen LogP contribution in [0.1, 0.15) is 48.4 Å². The average Bonchev–Trinajstić information content (AvgIpc) is 3.22. The van der Waals surface area contributed by atoms with Gasteiger partial charge >= 0.3 is 0 Å². The molecule has 4 rings (SSSR count). The number of nitrogens with zero attached hydrogens (tertiary/aromatic N) is 1. The van der Waals surface area contributed by atoms with Crippen molar-refractivity contribution in [2.45, 2.75) is 52.7 Å². The largest absolute Gasteiger partial charge is 0.373 e.